The number of rotatable bonds is 8. The first-order valence-corrected chi connectivity index (χ1v) is 12.6. The summed E-state index contributed by atoms with van der Waals surface area (Å²) in [6, 6.07) is 15.0. The molecule has 8 heteroatoms. The number of benzene rings is 2. The van der Waals surface area contributed by atoms with Gasteiger partial charge in [-0.15, -0.1) is 11.3 Å². The molecular weight excluding hydrogens is 467 g/mol. The van der Waals surface area contributed by atoms with Gasteiger partial charge in [-0.2, -0.15) is 0 Å². The van der Waals surface area contributed by atoms with Gasteiger partial charge in [-0.1, -0.05) is 18.2 Å². The van der Waals surface area contributed by atoms with Crippen LogP contribution < -0.4 is 9.47 Å². The first-order valence-electron chi connectivity index (χ1n) is 11.7. The van der Waals surface area contributed by atoms with Crippen molar-refractivity contribution in [1.82, 2.24) is 9.80 Å². The van der Waals surface area contributed by atoms with Crippen LogP contribution in [0.2, 0.25) is 0 Å². The van der Waals surface area contributed by atoms with Crippen molar-refractivity contribution < 1.29 is 23.5 Å². The van der Waals surface area contributed by atoms with Crippen LogP contribution in [0, 0.1) is 5.82 Å². The zero-order valence-electron chi connectivity index (χ0n) is 19.5. The Hall–Kier alpha value is -3.39. The molecule has 182 valence electrons. The molecule has 3 aromatic rings. The molecule has 1 unspecified atom stereocenters. The van der Waals surface area contributed by atoms with Gasteiger partial charge in [-0.05, 0) is 66.6 Å². The summed E-state index contributed by atoms with van der Waals surface area (Å²) in [5.74, 6) is 0.0224. The highest BCUT2D eigenvalue weighted by atomic mass is 32.1. The van der Waals surface area contributed by atoms with E-state index in [-0.39, 0.29) is 42.8 Å². The molecule has 0 radical (unpaired) electrons. The van der Waals surface area contributed by atoms with Crippen molar-refractivity contribution in [1.29, 1.82) is 0 Å². The van der Waals surface area contributed by atoms with E-state index in [1.165, 1.54) is 10.9 Å². The Morgan fingerprint density at radius 2 is 1.97 bits per heavy atom. The molecule has 0 bridgehead atoms. The predicted molar refractivity (Wildman–Crippen MR) is 131 cm³/mol. The number of ether oxygens (including phenoxy) is 2. The molecular formula is C27H27FN2O4S. The Labute approximate surface area is 207 Å². The fraction of sp³-hybridized carbons (Fsp3) is 0.333. The van der Waals surface area contributed by atoms with Crippen molar-refractivity contribution in [2.75, 3.05) is 26.8 Å². The highest BCUT2D eigenvalue weighted by molar-refractivity contribution is 7.10. The van der Waals surface area contributed by atoms with Gasteiger partial charge in [0.15, 0.2) is 11.6 Å². The van der Waals surface area contributed by atoms with Gasteiger partial charge < -0.3 is 19.3 Å². The summed E-state index contributed by atoms with van der Waals surface area (Å²) in [5.41, 5.74) is 1.53. The minimum absolute atomic E-state index is 0.00359. The lowest BCUT2D eigenvalue weighted by Gasteiger charge is -2.37. The first kappa shape index (κ1) is 23.4. The molecule has 0 spiro atoms. The summed E-state index contributed by atoms with van der Waals surface area (Å²) < 4.78 is 25.2. The Bertz CT molecular complexity index is 1230. The third-order valence-corrected chi connectivity index (χ3v) is 7.52. The van der Waals surface area contributed by atoms with E-state index in [0.29, 0.717) is 17.9 Å². The van der Waals surface area contributed by atoms with Crippen LogP contribution in [0.5, 0.6) is 11.5 Å². The van der Waals surface area contributed by atoms with E-state index in [2.05, 4.69) is 0 Å². The number of methoxy groups -OCH3 is 1. The van der Waals surface area contributed by atoms with E-state index >= 15 is 0 Å². The van der Waals surface area contributed by atoms with Crippen molar-refractivity contribution >= 4 is 23.2 Å². The molecule has 1 fully saturated rings. The Kier molecular flexibility index (Phi) is 6.72. The molecule has 2 aromatic carbocycles. The van der Waals surface area contributed by atoms with Crippen molar-refractivity contribution in [3.05, 3.63) is 81.8 Å². The van der Waals surface area contributed by atoms with Gasteiger partial charge in [0.1, 0.15) is 18.9 Å². The van der Waals surface area contributed by atoms with E-state index in [9.17, 15) is 14.0 Å². The van der Waals surface area contributed by atoms with Gasteiger partial charge in [0.25, 0.3) is 5.91 Å². The smallest absolute Gasteiger partial charge is 0.254 e. The summed E-state index contributed by atoms with van der Waals surface area (Å²) in [7, 11) is 1.56. The lowest BCUT2D eigenvalue weighted by molar-refractivity contribution is -0.135. The summed E-state index contributed by atoms with van der Waals surface area (Å²) in [6.45, 7) is 0.670. The van der Waals surface area contributed by atoms with Crippen molar-refractivity contribution in [3.8, 4) is 11.5 Å². The minimum Gasteiger partial charge on any atom is -0.497 e. The molecule has 1 atom stereocenters. The molecule has 5 rings (SSSR count). The van der Waals surface area contributed by atoms with E-state index in [1.807, 2.05) is 11.4 Å². The van der Waals surface area contributed by atoms with Gasteiger partial charge in [0.05, 0.1) is 13.2 Å². The van der Waals surface area contributed by atoms with Gasteiger partial charge in [-0.25, -0.2) is 4.39 Å². The lowest BCUT2D eigenvalue weighted by Crippen LogP contribution is -2.48. The second-order valence-corrected chi connectivity index (χ2v) is 9.79. The standard InChI is InChI=1S/C27H27FN2O4S/c1-33-20-6-4-5-18(15-20)27(32)30(19-9-10-19)16-26(31)29-13-11-25-21(12-14-35-25)23(29)17-34-24-8-3-2-7-22(24)28/h2-8,12,14-15,19,23H,9-11,13,16-17H2,1H3. The highest BCUT2D eigenvalue weighted by Gasteiger charge is 2.38. The molecule has 1 aliphatic heterocycles. The molecule has 1 aliphatic carbocycles. The number of amides is 2. The predicted octanol–water partition coefficient (Wildman–Crippen LogP) is 4.71. The molecule has 6 nitrogen and oxygen atoms in total. The summed E-state index contributed by atoms with van der Waals surface area (Å²) in [6.07, 6.45) is 2.52. The van der Waals surface area contributed by atoms with Crippen LogP contribution in [0.3, 0.4) is 0 Å². The number of carbonyl (C=O) groups is 2. The Balaban J connectivity index is 1.35. The van der Waals surface area contributed by atoms with Crippen molar-refractivity contribution in [3.63, 3.8) is 0 Å². The number of para-hydroxylation sites is 1. The summed E-state index contributed by atoms with van der Waals surface area (Å²) in [5, 5.41) is 2.01. The van der Waals surface area contributed by atoms with Gasteiger partial charge in [-0.3, -0.25) is 9.59 Å². The maximum Gasteiger partial charge on any atom is 0.254 e. The van der Waals surface area contributed by atoms with E-state index in [0.717, 1.165) is 24.8 Å². The highest BCUT2D eigenvalue weighted by Crippen LogP contribution is 2.35. The minimum atomic E-state index is -0.435. The average molecular weight is 495 g/mol. The number of thiophene rings is 1. The van der Waals surface area contributed by atoms with Crippen molar-refractivity contribution in [2.45, 2.75) is 31.3 Å². The van der Waals surface area contributed by atoms with Crippen LogP contribution in [-0.2, 0) is 11.2 Å². The number of carbonyl (C=O) groups excluding carboxylic acids is 2. The maximum atomic E-state index is 14.2. The fourth-order valence-corrected chi connectivity index (χ4v) is 5.44. The molecule has 2 amide bonds. The topological polar surface area (TPSA) is 59.1 Å². The van der Waals surface area contributed by atoms with Crippen LogP contribution in [0.25, 0.3) is 0 Å². The average Bonchev–Trinajstić information content (AvgIpc) is 3.61. The third-order valence-electron chi connectivity index (χ3n) is 6.52. The molecule has 2 heterocycles. The molecule has 1 saturated carbocycles. The van der Waals surface area contributed by atoms with Crippen LogP contribution in [0.4, 0.5) is 4.39 Å². The fourth-order valence-electron chi connectivity index (χ4n) is 4.52. The number of hydrogen-bond donors (Lipinski definition) is 0. The van der Waals surface area contributed by atoms with Crippen LogP contribution in [-0.4, -0.2) is 54.5 Å². The molecule has 35 heavy (non-hydrogen) atoms. The van der Waals surface area contributed by atoms with Gasteiger partial charge in [0.2, 0.25) is 5.91 Å². The second kappa shape index (κ2) is 10.1. The van der Waals surface area contributed by atoms with Crippen LogP contribution in [0.15, 0.2) is 60.0 Å². The monoisotopic (exact) mass is 494 g/mol. The van der Waals surface area contributed by atoms with Crippen LogP contribution >= 0.6 is 11.3 Å². The largest absolute Gasteiger partial charge is 0.497 e. The number of nitrogens with zero attached hydrogens (tertiary/aromatic N) is 2. The zero-order chi connectivity index (χ0) is 24.4. The quantitative estimate of drug-likeness (QED) is 0.455. The normalized spacial score (nSPS) is 17.0. The Morgan fingerprint density at radius 1 is 1.14 bits per heavy atom. The first-order chi connectivity index (χ1) is 17.0. The number of fused-ring (bicyclic) bond motifs is 1. The van der Waals surface area contributed by atoms with E-state index in [1.54, 1.807) is 70.7 Å². The van der Waals surface area contributed by atoms with Crippen molar-refractivity contribution in [2.24, 2.45) is 0 Å². The Morgan fingerprint density at radius 3 is 2.74 bits per heavy atom. The maximum absolute atomic E-state index is 14.2. The number of hydrogen-bond acceptors (Lipinski definition) is 5. The van der Waals surface area contributed by atoms with E-state index in [4.69, 9.17) is 9.47 Å². The zero-order valence-corrected chi connectivity index (χ0v) is 20.3. The molecule has 0 saturated heterocycles. The second-order valence-electron chi connectivity index (χ2n) is 8.79. The van der Waals surface area contributed by atoms with E-state index < -0.39 is 5.82 Å². The summed E-state index contributed by atoms with van der Waals surface area (Å²) in [4.78, 5) is 31.6. The molecule has 1 aromatic heterocycles. The van der Waals surface area contributed by atoms with Crippen LogP contribution in [0.1, 0.15) is 39.7 Å². The SMILES string of the molecule is COc1cccc(C(=O)N(CC(=O)N2CCc3sccc3C2COc2ccccc2F)C2CC2)c1. The number of halogens is 1. The lowest BCUT2D eigenvalue weighted by atomic mass is 10.0. The summed E-state index contributed by atoms with van der Waals surface area (Å²) >= 11 is 1.66. The van der Waals surface area contributed by atoms with Gasteiger partial charge in [0, 0.05) is 23.0 Å². The van der Waals surface area contributed by atoms with Gasteiger partial charge >= 0.3 is 0 Å². The third kappa shape index (κ3) is 5.03. The molecule has 2 aliphatic rings. The molecule has 0 N–H and O–H groups in total.